The van der Waals surface area contributed by atoms with Gasteiger partial charge in [-0.15, -0.1) is 0 Å². The zero-order valence-corrected chi connectivity index (χ0v) is 8.20. The third-order valence-electron chi connectivity index (χ3n) is 2.83. The van der Waals surface area contributed by atoms with Gasteiger partial charge in [-0.25, -0.2) is 0 Å². The van der Waals surface area contributed by atoms with Gasteiger partial charge in [0.15, 0.2) is 0 Å². The lowest BCUT2D eigenvalue weighted by Gasteiger charge is -2.25. The number of carbonyl (C=O) groups is 1. The van der Waals surface area contributed by atoms with E-state index in [2.05, 4.69) is 5.32 Å². The fourth-order valence-corrected chi connectivity index (χ4v) is 1.95. The topological polar surface area (TPSA) is 73.1 Å². The van der Waals surface area contributed by atoms with Gasteiger partial charge in [-0.3, -0.25) is 4.79 Å². The van der Waals surface area contributed by atoms with Crippen LogP contribution in [0.2, 0.25) is 0 Å². The van der Waals surface area contributed by atoms with Crippen LogP contribution in [-0.4, -0.2) is 24.2 Å². The Morgan fingerprint density at radius 3 is 2.57 bits per heavy atom. The molecule has 0 saturated heterocycles. The van der Waals surface area contributed by atoms with Crippen molar-refractivity contribution in [3.05, 3.63) is 0 Å². The Bertz CT molecular complexity index is 227. The highest BCUT2D eigenvalue weighted by Gasteiger charge is 2.25. The van der Waals surface area contributed by atoms with E-state index >= 15 is 0 Å². The molecule has 0 aliphatic heterocycles. The molecule has 2 N–H and O–H groups in total. The van der Waals surface area contributed by atoms with Crippen LogP contribution in [0.4, 0.5) is 0 Å². The van der Waals surface area contributed by atoms with Crippen molar-refractivity contribution in [2.24, 2.45) is 11.8 Å². The highest BCUT2D eigenvalue weighted by molar-refractivity contribution is 5.69. The number of hydrogen-bond donors (Lipinski definition) is 2. The highest BCUT2D eigenvalue weighted by Crippen LogP contribution is 2.28. The van der Waals surface area contributed by atoms with Gasteiger partial charge in [0.25, 0.3) is 0 Å². The summed E-state index contributed by atoms with van der Waals surface area (Å²) in [5.74, 6) is -0.241. The van der Waals surface area contributed by atoms with Crippen LogP contribution in [0.1, 0.15) is 25.7 Å². The summed E-state index contributed by atoms with van der Waals surface area (Å²) >= 11 is 0. The summed E-state index contributed by atoms with van der Waals surface area (Å²) in [6, 6.07) is 2.03. The third-order valence-corrected chi connectivity index (χ3v) is 2.83. The van der Waals surface area contributed by atoms with Crippen LogP contribution in [0.15, 0.2) is 0 Å². The normalized spacial score (nSPS) is 26.8. The molecule has 0 amide bonds. The first kappa shape index (κ1) is 11.0. The van der Waals surface area contributed by atoms with Gasteiger partial charge in [0, 0.05) is 0 Å². The number of nitrogens with zero attached hydrogens (tertiary/aromatic N) is 1. The predicted octanol–water partition coefficient (Wildman–Crippen LogP) is 0.991. The second-order valence-electron chi connectivity index (χ2n) is 3.84. The summed E-state index contributed by atoms with van der Waals surface area (Å²) in [6.45, 7) is 1.23. The van der Waals surface area contributed by atoms with E-state index in [1.807, 2.05) is 6.07 Å². The average molecular weight is 196 g/mol. The van der Waals surface area contributed by atoms with Crippen molar-refractivity contribution in [1.82, 2.24) is 5.32 Å². The van der Waals surface area contributed by atoms with Crippen molar-refractivity contribution < 1.29 is 9.90 Å². The fraction of sp³-hybridized carbons (Fsp3) is 0.800. The van der Waals surface area contributed by atoms with Crippen LogP contribution in [0.5, 0.6) is 0 Å². The van der Waals surface area contributed by atoms with Gasteiger partial charge in [-0.2, -0.15) is 5.26 Å². The Hall–Kier alpha value is -1.08. The number of hydrogen-bond acceptors (Lipinski definition) is 3. The van der Waals surface area contributed by atoms with Gasteiger partial charge in [0.2, 0.25) is 0 Å². The van der Waals surface area contributed by atoms with Crippen molar-refractivity contribution >= 4 is 5.97 Å². The third kappa shape index (κ3) is 3.35. The van der Waals surface area contributed by atoms with E-state index in [4.69, 9.17) is 10.4 Å². The maximum Gasteiger partial charge on any atom is 0.306 e. The Morgan fingerprint density at radius 2 is 2.07 bits per heavy atom. The Kier molecular flexibility index (Phi) is 4.41. The van der Waals surface area contributed by atoms with E-state index in [0.717, 1.165) is 32.2 Å². The van der Waals surface area contributed by atoms with E-state index in [1.165, 1.54) is 0 Å². The number of rotatable bonds is 4. The predicted molar refractivity (Wildman–Crippen MR) is 51.6 cm³/mol. The Balaban J connectivity index is 2.16. The summed E-state index contributed by atoms with van der Waals surface area (Å²) in [5.41, 5.74) is 0. The summed E-state index contributed by atoms with van der Waals surface area (Å²) in [6.07, 6.45) is 3.51. The molecular formula is C10H16N2O2. The zero-order valence-electron chi connectivity index (χ0n) is 8.20. The first-order valence-corrected chi connectivity index (χ1v) is 5.04. The van der Waals surface area contributed by atoms with Crippen molar-refractivity contribution in [2.75, 3.05) is 13.1 Å². The first-order valence-electron chi connectivity index (χ1n) is 5.04. The van der Waals surface area contributed by atoms with Crippen molar-refractivity contribution in [2.45, 2.75) is 25.7 Å². The quantitative estimate of drug-likeness (QED) is 0.519. The minimum Gasteiger partial charge on any atom is -0.481 e. The summed E-state index contributed by atoms with van der Waals surface area (Å²) in [4.78, 5) is 10.7. The number of carboxylic acids is 1. The summed E-state index contributed by atoms with van der Waals surface area (Å²) < 4.78 is 0. The smallest absolute Gasteiger partial charge is 0.306 e. The van der Waals surface area contributed by atoms with Gasteiger partial charge in [0.1, 0.15) is 0 Å². The second kappa shape index (κ2) is 5.61. The molecule has 78 valence electrons. The maximum atomic E-state index is 10.7. The molecule has 0 aromatic rings. The molecule has 14 heavy (non-hydrogen) atoms. The monoisotopic (exact) mass is 196 g/mol. The standard InChI is InChI=1S/C10H16N2O2/c11-5-6-12-7-8-1-3-9(4-2-8)10(13)14/h8-9,12H,1-4,6-7H2,(H,13,14). The van der Waals surface area contributed by atoms with Crippen molar-refractivity contribution in [3.8, 4) is 6.07 Å². The molecule has 1 fully saturated rings. The molecule has 0 radical (unpaired) electrons. The van der Waals surface area contributed by atoms with Gasteiger partial charge in [0.05, 0.1) is 18.5 Å². The van der Waals surface area contributed by atoms with Crippen LogP contribution in [0.25, 0.3) is 0 Å². The van der Waals surface area contributed by atoms with Crippen LogP contribution < -0.4 is 5.32 Å². The summed E-state index contributed by atoms with van der Waals surface area (Å²) in [5, 5.41) is 20.1. The van der Waals surface area contributed by atoms with Gasteiger partial charge in [-0.1, -0.05) is 0 Å². The molecule has 0 bridgehead atoms. The molecule has 0 aromatic carbocycles. The Labute approximate surface area is 83.9 Å². The number of nitrogens with one attached hydrogen (secondary N) is 1. The summed E-state index contributed by atoms with van der Waals surface area (Å²) in [7, 11) is 0. The van der Waals surface area contributed by atoms with Crippen LogP contribution >= 0.6 is 0 Å². The SMILES string of the molecule is N#CCNCC1CCC(C(=O)O)CC1. The molecule has 1 saturated carbocycles. The second-order valence-corrected chi connectivity index (χ2v) is 3.84. The average Bonchev–Trinajstić information content (AvgIpc) is 2.19. The van der Waals surface area contributed by atoms with E-state index < -0.39 is 5.97 Å². The molecule has 0 heterocycles. The van der Waals surface area contributed by atoms with Crippen LogP contribution in [0, 0.1) is 23.2 Å². The number of carboxylic acid groups (broad SMARTS) is 1. The molecule has 0 atom stereocenters. The molecule has 1 rings (SSSR count). The van der Waals surface area contributed by atoms with Gasteiger partial charge in [-0.05, 0) is 38.1 Å². The highest BCUT2D eigenvalue weighted by atomic mass is 16.4. The molecule has 4 nitrogen and oxygen atoms in total. The molecule has 0 unspecified atom stereocenters. The number of nitriles is 1. The van der Waals surface area contributed by atoms with Crippen molar-refractivity contribution in [1.29, 1.82) is 5.26 Å². The molecule has 0 aromatic heterocycles. The van der Waals surface area contributed by atoms with Crippen molar-refractivity contribution in [3.63, 3.8) is 0 Å². The molecule has 1 aliphatic carbocycles. The lowest BCUT2D eigenvalue weighted by Crippen LogP contribution is -2.28. The lowest BCUT2D eigenvalue weighted by atomic mass is 9.82. The van der Waals surface area contributed by atoms with Crippen LogP contribution in [0.3, 0.4) is 0 Å². The Morgan fingerprint density at radius 1 is 1.43 bits per heavy atom. The molecule has 1 aliphatic rings. The molecular weight excluding hydrogens is 180 g/mol. The minimum absolute atomic E-state index is 0.137. The van der Waals surface area contributed by atoms with Gasteiger partial charge >= 0.3 is 5.97 Å². The lowest BCUT2D eigenvalue weighted by molar-refractivity contribution is -0.143. The zero-order chi connectivity index (χ0) is 10.4. The van der Waals surface area contributed by atoms with Crippen LogP contribution in [-0.2, 0) is 4.79 Å². The fourth-order valence-electron chi connectivity index (χ4n) is 1.95. The largest absolute Gasteiger partial charge is 0.481 e. The van der Waals surface area contributed by atoms with E-state index in [-0.39, 0.29) is 5.92 Å². The first-order chi connectivity index (χ1) is 6.74. The van der Waals surface area contributed by atoms with Gasteiger partial charge < -0.3 is 10.4 Å². The minimum atomic E-state index is -0.659. The van der Waals surface area contributed by atoms with E-state index in [1.54, 1.807) is 0 Å². The number of aliphatic carboxylic acids is 1. The van der Waals surface area contributed by atoms with E-state index in [9.17, 15) is 4.79 Å². The molecule has 4 heteroatoms. The maximum absolute atomic E-state index is 10.7. The molecule has 0 spiro atoms. The van der Waals surface area contributed by atoms with E-state index in [0.29, 0.717) is 12.5 Å².